The first-order valence-electron chi connectivity index (χ1n) is 11.5. The van der Waals surface area contributed by atoms with Crippen molar-refractivity contribution in [2.75, 3.05) is 35.5 Å². The molecule has 0 bridgehead atoms. The Labute approximate surface area is 213 Å². The summed E-state index contributed by atoms with van der Waals surface area (Å²) in [5.74, 6) is 2.85. The summed E-state index contributed by atoms with van der Waals surface area (Å²) < 4.78 is 33.6. The maximum absolute atomic E-state index is 13.7. The number of rotatable bonds is 7. The van der Waals surface area contributed by atoms with Gasteiger partial charge in [0.2, 0.25) is 5.43 Å². The van der Waals surface area contributed by atoms with E-state index in [0.717, 1.165) is 22.3 Å². The molecule has 0 radical (unpaired) electrons. The highest BCUT2D eigenvalue weighted by molar-refractivity contribution is 5.99. The Kier molecular flexibility index (Phi) is 6.36. The summed E-state index contributed by atoms with van der Waals surface area (Å²) in [4.78, 5) is 13.7. The number of ether oxygens (including phenoxy) is 5. The van der Waals surface area contributed by atoms with Crippen LogP contribution in [-0.4, -0.2) is 35.5 Å². The van der Waals surface area contributed by atoms with Gasteiger partial charge in [0.1, 0.15) is 22.3 Å². The minimum Gasteiger partial charge on any atom is -0.496 e. The highest BCUT2D eigenvalue weighted by Gasteiger charge is 2.19. The fourth-order valence-corrected chi connectivity index (χ4v) is 4.57. The molecule has 0 fully saturated rings. The molecule has 0 unspecified atom stereocenters. The third kappa shape index (κ3) is 4.08. The normalized spacial score (nSPS) is 10.9. The number of methoxy groups -OCH3 is 5. The molecule has 0 N–H and O–H groups in total. The molecule has 0 spiro atoms. The lowest BCUT2D eigenvalue weighted by atomic mass is 9.92. The molecule has 0 aliphatic rings. The molecule has 1 heterocycles. The maximum atomic E-state index is 13.7. The zero-order chi connectivity index (χ0) is 26.1. The molecule has 1 aromatic heterocycles. The summed E-state index contributed by atoms with van der Waals surface area (Å²) >= 11 is 0. The van der Waals surface area contributed by atoms with Crippen molar-refractivity contribution in [2.24, 2.45) is 0 Å². The van der Waals surface area contributed by atoms with Crippen LogP contribution in [0, 0.1) is 0 Å². The molecule has 5 aromatic rings. The van der Waals surface area contributed by atoms with Gasteiger partial charge < -0.3 is 28.1 Å². The van der Waals surface area contributed by atoms with Crippen molar-refractivity contribution in [1.82, 2.24) is 0 Å². The third-order valence-electron chi connectivity index (χ3n) is 6.41. The molecule has 0 saturated carbocycles. The van der Waals surface area contributed by atoms with E-state index in [4.69, 9.17) is 28.1 Å². The Balaban J connectivity index is 1.87. The van der Waals surface area contributed by atoms with Gasteiger partial charge in [-0.25, -0.2) is 0 Å². The molecule has 37 heavy (non-hydrogen) atoms. The van der Waals surface area contributed by atoms with E-state index in [0.29, 0.717) is 50.7 Å². The topological polar surface area (TPSA) is 76.4 Å². The average Bonchev–Trinajstić information content (AvgIpc) is 2.95. The van der Waals surface area contributed by atoms with Crippen molar-refractivity contribution in [2.45, 2.75) is 0 Å². The van der Waals surface area contributed by atoms with Gasteiger partial charge in [0.05, 0.1) is 40.9 Å². The average molecular weight is 499 g/mol. The number of benzene rings is 4. The zero-order valence-electron chi connectivity index (χ0n) is 21.2. The van der Waals surface area contributed by atoms with Crippen LogP contribution in [0.25, 0.3) is 44.2 Å². The smallest absolute Gasteiger partial charge is 0.204 e. The van der Waals surface area contributed by atoms with Gasteiger partial charge in [0.15, 0.2) is 23.0 Å². The summed E-state index contributed by atoms with van der Waals surface area (Å²) in [6.07, 6.45) is 0. The van der Waals surface area contributed by atoms with Crippen LogP contribution in [0.1, 0.15) is 0 Å². The molecular formula is C30H26O7. The van der Waals surface area contributed by atoms with Crippen LogP contribution in [-0.2, 0) is 0 Å². The van der Waals surface area contributed by atoms with Crippen molar-refractivity contribution in [1.29, 1.82) is 0 Å². The quantitative estimate of drug-likeness (QED) is 0.243. The second-order valence-electron chi connectivity index (χ2n) is 8.30. The molecule has 0 saturated heterocycles. The summed E-state index contributed by atoms with van der Waals surface area (Å²) in [5, 5.41) is 0.834. The molecule has 7 nitrogen and oxygen atoms in total. The van der Waals surface area contributed by atoms with Crippen molar-refractivity contribution in [3.8, 4) is 51.0 Å². The van der Waals surface area contributed by atoms with Gasteiger partial charge in [-0.3, -0.25) is 4.79 Å². The van der Waals surface area contributed by atoms with Gasteiger partial charge in [0, 0.05) is 0 Å². The van der Waals surface area contributed by atoms with Crippen molar-refractivity contribution >= 4 is 21.9 Å². The number of hydrogen-bond acceptors (Lipinski definition) is 7. The lowest BCUT2D eigenvalue weighted by Gasteiger charge is -2.16. The van der Waals surface area contributed by atoms with Crippen LogP contribution in [0.4, 0.5) is 0 Å². The molecule has 5 rings (SSSR count). The summed E-state index contributed by atoms with van der Waals surface area (Å²) in [6.45, 7) is 0. The van der Waals surface area contributed by atoms with E-state index in [2.05, 4.69) is 0 Å². The summed E-state index contributed by atoms with van der Waals surface area (Å²) in [6, 6.07) is 20.4. The van der Waals surface area contributed by atoms with Gasteiger partial charge in [-0.05, 0) is 70.8 Å². The summed E-state index contributed by atoms with van der Waals surface area (Å²) in [5.41, 5.74) is 4.08. The van der Waals surface area contributed by atoms with Gasteiger partial charge in [-0.15, -0.1) is 0 Å². The van der Waals surface area contributed by atoms with E-state index in [9.17, 15) is 4.79 Å². The van der Waals surface area contributed by atoms with Crippen LogP contribution < -0.4 is 29.1 Å². The predicted molar refractivity (Wildman–Crippen MR) is 144 cm³/mol. The summed E-state index contributed by atoms with van der Waals surface area (Å²) in [7, 11) is 7.90. The minimum absolute atomic E-state index is 0.172. The number of hydrogen-bond donors (Lipinski definition) is 0. The predicted octanol–water partition coefficient (Wildman–Crippen LogP) is 6.32. The van der Waals surface area contributed by atoms with Crippen molar-refractivity contribution < 1.29 is 28.1 Å². The maximum Gasteiger partial charge on any atom is 0.204 e. The molecule has 0 aliphatic heterocycles. The van der Waals surface area contributed by atoms with Gasteiger partial charge in [-0.2, -0.15) is 0 Å². The molecule has 0 atom stereocenters. The monoisotopic (exact) mass is 498 g/mol. The Bertz CT molecular complexity index is 1680. The SMILES string of the molecule is COc1ccc(-c2cc3oc4cccc(OC)c4c(=O)c3cc2-c2ccc(OC)c(OC)c2)cc1OC. The molecule has 0 aliphatic carbocycles. The fourth-order valence-electron chi connectivity index (χ4n) is 4.57. The molecule has 7 heteroatoms. The largest absolute Gasteiger partial charge is 0.496 e. The molecule has 188 valence electrons. The van der Waals surface area contributed by atoms with Crippen molar-refractivity contribution in [3.05, 3.63) is 77.0 Å². The van der Waals surface area contributed by atoms with Crippen LogP contribution >= 0.6 is 0 Å². The minimum atomic E-state index is -0.172. The standard InChI is InChI=1S/C30H26O7/c1-32-22-11-9-17(13-27(22)35-4)19-15-21-26(37-25-8-6-7-24(34-3)29(25)30(21)31)16-20(19)18-10-12-23(33-2)28(14-18)36-5/h6-16H,1-5H3. The van der Waals surface area contributed by atoms with E-state index < -0.39 is 0 Å². The Morgan fingerprint density at radius 1 is 0.541 bits per heavy atom. The van der Waals surface area contributed by atoms with E-state index in [1.165, 1.54) is 7.11 Å². The second-order valence-corrected chi connectivity index (χ2v) is 8.30. The lowest BCUT2D eigenvalue weighted by molar-refractivity contribution is 0.355. The van der Waals surface area contributed by atoms with Crippen molar-refractivity contribution in [3.63, 3.8) is 0 Å². The lowest BCUT2D eigenvalue weighted by Crippen LogP contribution is -2.05. The van der Waals surface area contributed by atoms with E-state index >= 15 is 0 Å². The third-order valence-corrected chi connectivity index (χ3v) is 6.41. The zero-order valence-corrected chi connectivity index (χ0v) is 21.2. The first-order valence-corrected chi connectivity index (χ1v) is 11.5. The van der Waals surface area contributed by atoms with Crippen LogP contribution in [0.2, 0.25) is 0 Å². The van der Waals surface area contributed by atoms with E-state index in [1.807, 2.05) is 48.5 Å². The first kappa shape index (κ1) is 24.1. The number of fused-ring (bicyclic) bond motifs is 2. The molecular weight excluding hydrogens is 472 g/mol. The Hall–Kier alpha value is -4.65. The Morgan fingerprint density at radius 2 is 1.08 bits per heavy atom. The van der Waals surface area contributed by atoms with Crippen LogP contribution in [0.5, 0.6) is 28.7 Å². The van der Waals surface area contributed by atoms with E-state index in [1.54, 1.807) is 46.6 Å². The van der Waals surface area contributed by atoms with Crippen LogP contribution in [0.15, 0.2) is 75.9 Å². The molecule has 0 amide bonds. The van der Waals surface area contributed by atoms with E-state index in [-0.39, 0.29) is 5.43 Å². The van der Waals surface area contributed by atoms with Gasteiger partial charge in [-0.1, -0.05) is 18.2 Å². The second kappa shape index (κ2) is 9.78. The van der Waals surface area contributed by atoms with Gasteiger partial charge >= 0.3 is 0 Å². The Morgan fingerprint density at radius 3 is 1.62 bits per heavy atom. The van der Waals surface area contributed by atoms with Gasteiger partial charge in [0.25, 0.3) is 0 Å². The highest BCUT2D eigenvalue weighted by atomic mass is 16.5. The highest BCUT2D eigenvalue weighted by Crippen LogP contribution is 2.41. The fraction of sp³-hybridized carbons (Fsp3) is 0.167. The first-order chi connectivity index (χ1) is 18.0. The molecule has 4 aromatic carbocycles. The van der Waals surface area contributed by atoms with Crippen LogP contribution in [0.3, 0.4) is 0 Å².